The lowest BCUT2D eigenvalue weighted by Crippen LogP contribution is -2.37. The highest BCUT2D eigenvalue weighted by Crippen LogP contribution is 2.18. The molecule has 4 nitrogen and oxygen atoms in total. The van der Waals surface area contributed by atoms with E-state index in [9.17, 15) is 4.79 Å². The number of fused-ring (bicyclic) bond motifs is 1. The molecule has 78 valence electrons. The maximum Gasteiger partial charge on any atom is 0.268 e. The van der Waals surface area contributed by atoms with Crippen molar-refractivity contribution in [2.24, 2.45) is 0 Å². The maximum atomic E-state index is 11.5. The Bertz CT molecular complexity index is 393. The maximum absolute atomic E-state index is 11.5. The minimum atomic E-state index is 0.0813. The first-order chi connectivity index (χ1) is 6.59. The van der Waals surface area contributed by atoms with Crippen molar-refractivity contribution in [2.75, 3.05) is 6.54 Å². The van der Waals surface area contributed by atoms with Crippen molar-refractivity contribution in [1.29, 1.82) is 0 Å². The zero-order chi connectivity index (χ0) is 10.3. The number of nitrogens with one attached hydrogen (secondary N) is 1. The molecule has 1 aromatic rings. The fourth-order valence-electron chi connectivity index (χ4n) is 1.86. The van der Waals surface area contributed by atoms with Gasteiger partial charge in [-0.2, -0.15) is 0 Å². The van der Waals surface area contributed by atoms with Crippen LogP contribution in [-0.4, -0.2) is 25.5 Å². The van der Waals surface area contributed by atoms with Gasteiger partial charge in [0, 0.05) is 24.7 Å². The molecule has 0 amide bonds. The molecule has 0 saturated heterocycles. The Morgan fingerprint density at radius 1 is 1.50 bits per heavy atom. The van der Waals surface area contributed by atoms with Crippen LogP contribution in [0.5, 0.6) is 0 Å². The third kappa shape index (κ3) is 1.63. The van der Waals surface area contributed by atoms with Gasteiger partial charge in [-0.3, -0.25) is 14.8 Å². The first-order valence-corrected chi connectivity index (χ1v) is 5.79. The Hall–Kier alpha value is -0.300. The molecule has 1 aliphatic heterocycles. The SMILES string of the molecule is CC(C)N1CCc2c(n(I)[nH]c2=O)C1. The van der Waals surface area contributed by atoms with Gasteiger partial charge in [-0.05, 0) is 20.3 Å². The van der Waals surface area contributed by atoms with Gasteiger partial charge in [0.2, 0.25) is 0 Å². The predicted octanol–water partition coefficient (Wildman–Crippen LogP) is 1.14. The van der Waals surface area contributed by atoms with E-state index in [-0.39, 0.29) is 5.56 Å². The Morgan fingerprint density at radius 2 is 2.21 bits per heavy atom. The van der Waals surface area contributed by atoms with E-state index in [0.29, 0.717) is 6.04 Å². The van der Waals surface area contributed by atoms with E-state index in [1.165, 1.54) is 0 Å². The molecule has 2 heterocycles. The van der Waals surface area contributed by atoms with Crippen LogP contribution < -0.4 is 5.56 Å². The Labute approximate surface area is 96.8 Å². The second kappa shape index (κ2) is 3.69. The van der Waals surface area contributed by atoms with Crippen molar-refractivity contribution in [2.45, 2.75) is 32.9 Å². The zero-order valence-corrected chi connectivity index (χ0v) is 10.5. The summed E-state index contributed by atoms with van der Waals surface area (Å²) >= 11 is 2.13. The molecule has 0 bridgehead atoms. The summed E-state index contributed by atoms with van der Waals surface area (Å²) in [5, 5.41) is 2.80. The monoisotopic (exact) mass is 307 g/mol. The topological polar surface area (TPSA) is 41.0 Å². The molecule has 14 heavy (non-hydrogen) atoms. The number of hydrogen-bond donors (Lipinski definition) is 1. The van der Waals surface area contributed by atoms with E-state index in [4.69, 9.17) is 0 Å². The Kier molecular flexibility index (Phi) is 2.70. The van der Waals surface area contributed by atoms with Crippen LogP contribution in [0.25, 0.3) is 0 Å². The quantitative estimate of drug-likeness (QED) is 0.791. The van der Waals surface area contributed by atoms with Crippen LogP contribution in [-0.2, 0) is 13.0 Å². The normalized spacial score (nSPS) is 17.4. The molecule has 1 aliphatic rings. The molecule has 5 heteroatoms. The van der Waals surface area contributed by atoms with E-state index in [2.05, 4.69) is 46.7 Å². The first-order valence-electron chi connectivity index (χ1n) is 4.82. The van der Waals surface area contributed by atoms with E-state index >= 15 is 0 Å². The molecule has 0 aromatic carbocycles. The van der Waals surface area contributed by atoms with Crippen LogP contribution >= 0.6 is 22.9 Å². The summed E-state index contributed by atoms with van der Waals surface area (Å²) in [6, 6.07) is 0.546. The van der Waals surface area contributed by atoms with Crippen molar-refractivity contribution in [1.82, 2.24) is 12.9 Å². The molecule has 0 saturated carbocycles. The number of hydrogen-bond acceptors (Lipinski definition) is 2. The lowest BCUT2D eigenvalue weighted by Gasteiger charge is -2.29. The summed E-state index contributed by atoms with van der Waals surface area (Å²) in [6.07, 6.45) is 0.874. The number of aromatic nitrogens is 2. The van der Waals surface area contributed by atoms with Crippen molar-refractivity contribution in [3.05, 3.63) is 21.6 Å². The number of H-pyrrole nitrogens is 1. The Balaban J connectivity index is 2.34. The molecule has 0 aliphatic carbocycles. The summed E-state index contributed by atoms with van der Waals surface area (Å²) in [4.78, 5) is 13.8. The highest BCUT2D eigenvalue weighted by Gasteiger charge is 2.23. The van der Waals surface area contributed by atoms with Crippen molar-refractivity contribution < 1.29 is 0 Å². The Morgan fingerprint density at radius 3 is 2.86 bits per heavy atom. The largest absolute Gasteiger partial charge is 0.295 e. The number of rotatable bonds is 1. The summed E-state index contributed by atoms with van der Waals surface area (Å²) in [6.45, 7) is 6.25. The lowest BCUT2D eigenvalue weighted by molar-refractivity contribution is 0.200. The van der Waals surface area contributed by atoms with E-state index in [1.807, 2.05) is 2.90 Å². The smallest absolute Gasteiger partial charge is 0.268 e. The average molecular weight is 307 g/mol. The second-order valence-electron chi connectivity index (χ2n) is 3.96. The van der Waals surface area contributed by atoms with Gasteiger partial charge in [-0.15, -0.1) is 0 Å². The van der Waals surface area contributed by atoms with Crippen molar-refractivity contribution in [3.63, 3.8) is 0 Å². The van der Waals surface area contributed by atoms with E-state index < -0.39 is 0 Å². The van der Waals surface area contributed by atoms with Gasteiger partial charge in [0.1, 0.15) is 0 Å². The van der Waals surface area contributed by atoms with E-state index in [1.54, 1.807) is 0 Å². The fourth-order valence-corrected chi connectivity index (χ4v) is 2.52. The molecule has 0 spiro atoms. The lowest BCUT2D eigenvalue weighted by atomic mass is 10.1. The molecule has 1 N–H and O–H groups in total. The van der Waals surface area contributed by atoms with Crippen molar-refractivity contribution >= 4 is 22.9 Å². The second-order valence-corrected chi connectivity index (χ2v) is 4.93. The van der Waals surface area contributed by atoms with Crippen LogP contribution in [0.2, 0.25) is 0 Å². The van der Waals surface area contributed by atoms with Gasteiger partial charge >= 0.3 is 0 Å². The molecule has 0 radical (unpaired) electrons. The minimum absolute atomic E-state index is 0.0813. The first kappa shape index (κ1) is 10.2. The molecule has 2 rings (SSSR count). The van der Waals surface area contributed by atoms with Crippen LogP contribution in [0.4, 0.5) is 0 Å². The molecule has 0 unspecified atom stereocenters. The minimum Gasteiger partial charge on any atom is -0.295 e. The van der Waals surface area contributed by atoms with Gasteiger partial charge in [-0.25, -0.2) is 2.90 Å². The number of aromatic amines is 1. The molecule has 0 atom stereocenters. The van der Waals surface area contributed by atoms with Crippen LogP contribution in [0, 0.1) is 0 Å². The molecule has 1 aromatic heterocycles. The van der Waals surface area contributed by atoms with Crippen LogP contribution in [0.15, 0.2) is 4.79 Å². The van der Waals surface area contributed by atoms with Gasteiger partial charge in [-0.1, -0.05) is 0 Å². The van der Waals surface area contributed by atoms with Gasteiger partial charge in [0.05, 0.1) is 28.6 Å². The van der Waals surface area contributed by atoms with Crippen molar-refractivity contribution in [3.8, 4) is 0 Å². The summed E-state index contributed by atoms with van der Waals surface area (Å²) in [5.74, 6) is 0. The summed E-state index contributed by atoms with van der Waals surface area (Å²) in [7, 11) is 0. The molecule has 0 fully saturated rings. The zero-order valence-electron chi connectivity index (χ0n) is 8.38. The summed E-state index contributed by atoms with van der Waals surface area (Å²) < 4.78 is 1.82. The standard InChI is InChI=1S/C9H14IN3O/c1-6(2)12-4-3-7-8(5-12)13(10)11-9(7)14/h6H,3-5H2,1-2H3,(H,11,14). The van der Waals surface area contributed by atoms with Crippen LogP contribution in [0.3, 0.4) is 0 Å². The number of nitrogens with zero attached hydrogens (tertiary/aromatic N) is 2. The summed E-state index contributed by atoms with van der Waals surface area (Å²) in [5.41, 5.74) is 2.18. The van der Waals surface area contributed by atoms with Gasteiger partial charge < -0.3 is 0 Å². The highest BCUT2D eigenvalue weighted by atomic mass is 127. The van der Waals surface area contributed by atoms with Crippen LogP contribution in [0.1, 0.15) is 25.1 Å². The van der Waals surface area contributed by atoms with E-state index in [0.717, 1.165) is 30.8 Å². The third-order valence-corrected chi connectivity index (χ3v) is 3.61. The van der Waals surface area contributed by atoms with Gasteiger partial charge in [0.15, 0.2) is 0 Å². The fraction of sp³-hybridized carbons (Fsp3) is 0.667. The third-order valence-electron chi connectivity index (χ3n) is 2.79. The average Bonchev–Trinajstić information content (AvgIpc) is 2.42. The predicted molar refractivity (Wildman–Crippen MR) is 63.7 cm³/mol. The van der Waals surface area contributed by atoms with Gasteiger partial charge in [0.25, 0.3) is 5.56 Å². The highest BCUT2D eigenvalue weighted by molar-refractivity contribution is 14.1. The molecular formula is C9H14IN3O. The number of halogens is 1. The molecular weight excluding hydrogens is 293 g/mol.